The zero-order chi connectivity index (χ0) is 19.2. The Bertz CT molecular complexity index is 841. The minimum absolute atomic E-state index is 0.0841. The number of rotatable bonds is 7. The minimum atomic E-state index is -0.879. The first-order valence-electron chi connectivity index (χ1n) is 8.49. The summed E-state index contributed by atoms with van der Waals surface area (Å²) < 4.78 is 5.25. The molecule has 27 heavy (non-hydrogen) atoms. The van der Waals surface area contributed by atoms with E-state index >= 15 is 0 Å². The van der Waals surface area contributed by atoms with Crippen LogP contribution < -0.4 is 15.4 Å². The summed E-state index contributed by atoms with van der Waals surface area (Å²) in [5.74, 6) is -0.174. The molecule has 1 aromatic carbocycles. The molecular formula is C19H20N4O4. The van der Waals surface area contributed by atoms with Gasteiger partial charge in [0.15, 0.2) is 0 Å². The molecule has 4 amide bonds. The molecule has 3 rings (SSSR count). The van der Waals surface area contributed by atoms with Gasteiger partial charge in [-0.3, -0.25) is 19.5 Å². The van der Waals surface area contributed by atoms with Crippen LogP contribution in [0.5, 0.6) is 5.75 Å². The van der Waals surface area contributed by atoms with E-state index < -0.39 is 18.0 Å². The van der Waals surface area contributed by atoms with Crippen molar-refractivity contribution in [2.75, 3.05) is 7.11 Å². The molecule has 8 nitrogen and oxygen atoms in total. The number of para-hydroxylation sites is 1. The molecule has 1 aliphatic rings. The highest BCUT2D eigenvalue weighted by atomic mass is 16.5. The summed E-state index contributed by atoms with van der Waals surface area (Å²) >= 11 is 0. The Kier molecular flexibility index (Phi) is 5.65. The van der Waals surface area contributed by atoms with Crippen LogP contribution >= 0.6 is 0 Å². The van der Waals surface area contributed by atoms with Gasteiger partial charge in [0.1, 0.15) is 11.8 Å². The van der Waals surface area contributed by atoms with Crippen molar-refractivity contribution in [3.8, 4) is 5.75 Å². The number of urea groups is 1. The van der Waals surface area contributed by atoms with Crippen LogP contribution in [0.25, 0.3) is 0 Å². The van der Waals surface area contributed by atoms with Gasteiger partial charge in [-0.1, -0.05) is 24.3 Å². The van der Waals surface area contributed by atoms with Gasteiger partial charge in [-0.2, -0.15) is 0 Å². The second-order valence-corrected chi connectivity index (χ2v) is 6.04. The Hall–Kier alpha value is -3.42. The van der Waals surface area contributed by atoms with E-state index in [2.05, 4.69) is 15.6 Å². The van der Waals surface area contributed by atoms with Gasteiger partial charge in [0.25, 0.3) is 5.91 Å². The van der Waals surface area contributed by atoms with Gasteiger partial charge in [0.2, 0.25) is 5.91 Å². The highest BCUT2D eigenvalue weighted by Crippen LogP contribution is 2.21. The van der Waals surface area contributed by atoms with Crippen molar-refractivity contribution in [2.24, 2.45) is 0 Å². The van der Waals surface area contributed by atoms with Crippen LogP contribution in [0.1, 0.15) is 17.7 Å². The number of carbonyl (C=O) groups excluding carboxylic acids is 3. The molecule has 1 fully saturated rings. The maximum Gasteiger partial charge on any atom is 0.325 e. The Morgan fingerprint density at radius 3 is 2.74 bits per heavy atom. The quantitative estimate of drug-likeness (QED) is 0.716. The zero-order valence-corrected chi connectivity index (χ0v) is 14.8. The largest absolute Gasteiger partial charge is 0.496 e. The number of benzene rings is 1. The summed E-state index contributed by atoms with van der Waals surface area (Å²) in [6.45, 7) is 0.347. The molecule has 0 bridgehead atoms. The average molecular weight is 368 g/mol. The highest BCUT2D eigenvalue weighted by molar-refractivity contribution is 6.05. The summed E-state index contributed by atoms with van der Waals surface area (Å²) in [5.41, 5.74) is 1.43. The summed E-state index contributed by atoms with van der Waals surface area (Å²) in [6.07, 6.45) is 1.51. The van der Waals surface area contributed by atoms with Crippen molar-refractivity contribution in [3.05, 3.63) is 59.9 Å². The number of hydrogen-bond acceptors (Lipinski definition) is 5. The fourth-order valence-corrected chi connectivity index (χ4v) is 2.82. The van der Waals surface area contributed by atoms with Crippen LogP contribution in [0.2, 0.25) is 0 Å². The molecule has 0 spiro atoms. The predicted octanol–water partition coefficient (Wildman–Crippen LogP) is 1.22. The second-order valence-electron chi connectivity index (χ2n) is 6.04. The van der Waals surface area contributed by atoms with Gasteiger partial charge in [-0.15, -0.1) is 0 Å². The van der Waals surface area contributed by atoms with Crippen molar-refractivity contribution in [1.82, 2.24) is 20.5 Å². The summed E-state index contributed by atoms with van der Waals surface area (Å²) in [5, 5.41) is 5.26. The molecule has 8 heteroatoms. The van der Waals surface area contributed by atoms with Crippen molar-refractivity contribution < 1.29 is 19.1 Å². The van der Waals surface area contributed by atoms with Gasteiger partial charge >= 0.3 is 6.03 Å². The van der Waals surface area contributed by atoms with Crippen LogP contribution in [0.4, 0.5) is 4.79 Å². The Balaban J connectivity index is 1.58. The number of methoxy groups -OCH3 is 1. The third kappa shape index (κ3) is 4.41. The van der Waals surface area contributed by atoms with Crippen LogP contribution in [0.15, 0.2) is 48.7 Å². The first-order chi connectivity index (χ1) is 13.1. The second kappa shape index (κ2) is 8.31. The van der Waals surface area contributed by atoms with Crippen molar-refractivity contribution in [3.63, 3.8) is 0 Å². The lowest BCUT2D eigenvalue weighted by atomic mass is 10.1. The van der Waals surface area contributed by atoms with Crippen molar-refractivity contribution >= 4 is 17.8 Å². The Labute approximate surface area is 156 Å². The maximum atomic E-state index is 12.5. The fourth-order valence-electron chi connectivity index (χ4n) is 2.82. The van der Waals surface area contributed by atoms with E-state index in [9.17, 15) is 14.4 Å². The number of nitrogens with zero attached hydrogens (tertiary/aromatic N) is 2. The molecule has 2 heterocycles. The maximum absolute atomic E-state index is 12.5. The molecule has 140 valence electrons. The third-order valence-electron chi connectivity index (χ3n) is 4.21. The van der Waals surface area contributed by atoms with E-state index in [-0.39, 0.29) is 25.4 Å². The smallest absolute Gasteiger partial charge is 0.325 e. The zero-order valence-electron chi connectivity index (χ0n) is 14.8. The van der Waals surface area contributed by atoms with Crippen LogP contribution in [-0.4, -0.2) is 40.9 Å². The number of nitrogens with one attached hydrogen (secondary N) is 2. The van der Waals surface area contributed by atoms with Gasteiger partial charge in [0, 0.05) is 11.8 Å². The molecule has 2 aromatic rings. The van der Waals surface area contributed by atoms with Gasteiger partial charge in [-0.05, 0) is 18.2 Å². The average Bonchev–Trinajstić information content (AvgIpc) is 2.95. The molecule has 1 atom stereocenters. The van der Waals surface area contributed by atoms with E-state index in [1.807, 2.05) is 12.1 Å². The summed E-state index contributed by atoms with van der Waals surface area (Å²) in [7, 11) is 1.53. The first kappa shape index (κ1) is 18.4. The van der Waals surface area contributed by atoms with Crippen LogP contribution in [-0.2, 0) is 22.7 Å². The Morgan fingerprint density at radius 1 is 1.22 bits per heavy atom. The lowest BCUT2D eigenvalue weighted by Crippen LogP contribution is -2.36. The van der Waals surface area contributed by atoms with Crippen LogP contribution in [0.3, 0.4) is 0 Å². The van der Waals surface area contributed by atoms with Gasteiger partial charge in [0.05, 0.1) is 32.3 Å². The first-order valence-corrected chi connectivity index (χ1v) is 8.49. The van der Waals surface area contributed by atoms with Crippen LogP contribution in [0, 0.1) is 0 Å². The van der Waals surface area contributed by atoms with E-state index in [0.717, 1.165) is 4.90 Å². The predicted molar refractivity (Wildman–Crippen MR) is 96.6 cm³/mol. The van der Waals surface area contributed by atoms with E-state index in [1.54, 1.807) is 36.5 Å². The molecular weight excluding hydrogens is 348 g/mol. The van der Waals surface area contributed by atoms with E-state index in [4.69, 9.17) is 4.74 Å². The number of ether oxygens (including phenoxy) is 1. The molecule has 0 aliphatic carbocycles. The lowest BCUT2D eigenvalue weighted by Gasteiger charge is -2.15. The molecule has 0 saturated carbocycles. The number of amides is 4. The molecule has 2 N–H and O–H groups in total. The number of pyridine rings is 1. The van der Waals surface area contributed by atoms with Gasteiger partial charge in [-0.25, -0.2) is 4.79 Å². The number of carbonyl (C=O) groups is 3. The molecule has 1 aliphatic heterocycles. The molecule has 1 unspecified atom stereocenters. The lowest BCUT2D eigenvalue weighted by molar-refractivity contribution is -0.131. The SMILES string of the molecule is COc1ccccc1CN1C(=O)NC(CC(=O)NCc2ccccn2)C1=O. The minimum Gasteiger partial charge on any atom is -0.496 e. The van der Waals surface area contributed by atoms with Crippen molar-refractivity contribution in [2.45, 2.75) is 25.6 Å². The topological polar surface area (TPSA) is 101 Å². The molecule has 1 aromatic heterocycles. The summed E-state index contributed by atoms with van der Waals surface area (Å²) in [4.78, 5) is 42.0. The van der Waals surface area contributed by atoms with E-state index in [1.165, 1.54) is 7.11 Å². The molecule has 1 saturated heterocycles. The van der Waals surface area contributed by atoms with E-state index in [0.29, 0.717) is 17.0 Å². The number of aromatic nitrogens is 1. The number of hydrogen-bond donors (Lipinski definition) is 2. The van der Waals surface area contributed by atoms with Gasteiger partial charge < -0.3 is 15.4 Å². The monoisotopic (exact) mass is 368 g/mol. The standard InChI is InChI=1S/C19H20N4O4/c1-27-16-8-3-2-6-13(16)12-23-18(25)15(22-19(23)26)10-17(24)21-11-14-7-4-5-9-20-14/h2-9,15H,10-12H2,1H3,(H,21,24)(H,22,26). The number of imide groups is 1. The molecule has 0 radical (unpaired) electrons. The Morgan fingerprint density at radius 2 is 2.00 bits per heavy atom. The third-order valence-corrected chi connectivity index (χ3v) is 4.21. The normalized spacial score (nSPS) is 16.2. The summed E-state index contributed by atoms with van der Waals surface area (Å²) in [6, 6.07) is 11.2. The fraction of sp³-hybridized carbons (Fsp3) is 0.263. The van der Waals surface area contributed by atoms with Crippen molar-refractivity contribution in [1.29, 1.82) is 0 Å². The highest BCUT2D eigenvalue weighted by Gasteiger charge is 2.39.